The predicted octanol–water partition coefficient (Wildman–Crippen LogP) is 8.20. The van der Waals surface area contributed by atoms with Crippen LogP contribution in [0.4, 0.5) is 0 Å². The Morgan fingerprint density at radius 2 is 0.579 bits per heavy atom. The Bertz CT molecular complexity index is 2070. The number of hydrogen-bond acceptors (Lipinski definition) is 4. The zero-order valence-corrected chi connectivity index (χ0v) is 20.2. The SMILES string of the molecule is O=c1oc2ccccc2c2c3ccccc3c(c3ccccc3oc(=O)c3ccccc13)c1ccccc12. The van der Waals surface area contributed by atoms with E-state index in [2.05, 4.69) is 24.3 Å². The zero-order chi connectivity index (χ0) is 25.6. The quantitative estimate of drug-likeness (QED) is 0.200. The Balaban J connectivity index is 1.98. The van der Waals surface area contributed by atoms with Crippen LogP contribution < -0.4 is 11.3 Å². The van der Waals surface area contributed by atoms with E-state index in [1.165, 1.54) is 0 Å². The van der Waals surface area contributed by atoms with Crippen LogP contribution in [0.5, 0.6) is 0 Å². The summed E-state index contributed by atoms with van der Waals surface area (Å²) < 4.78 is 12.0. The smallest absolute Gasteiger partial charge is 0.344 e. The first kappa shape index (κ1) is 22.0. The summed E-state index contributed by atoms with van der Waals surface area (Å²) >= 11 is 0. The average molecular weight is 493 g/mol. The summed E-state index contributed by atoms with van der Waals surface area (Å²) in [7, 11) is 0. The van der Waals surface area contributed by atoms with Crippen molar-refractivity contribution >= 4 is 65.0 Å². The summed E-state index contributed by atoms with van der Waals surface area (Å²) in [6.45, 7) is 0. The molecule has 0 N–H and O–H groups in total. The molecule has 6 aromatic carbocycles. The van der Waals surface area contributed by atoms with Crippen LogP contribution in [0.25, 0.3) is 65.0 Å². The number of fused-ring (bicyclic) bond motifs is 8. The summed E-state index contributed by atoms with van der Waals surface area (Å²) in [6.07, 6.45) is 0. The molecule has 0 unspecified atom stereocenters. The van der Waals surface area contributed by atoms with Crippen LogP contribution in [0.1, 0.15) is 0 Å². The fourth-order valence-electron chi connectivity index (χ4n) is 5.38. The molecule has 0 fully saturated rings. The highest BCUT2D eigenvalue weighted by Gasteiger charge is 2.13. The molecule has 0 radical (unpaired) electrons. The molecule has 0 saturated heterocycles. The highest BCUT2D eigenvalue weighted by atomic mass is 16.4. The van der Waals surface area contributed by atoms with Gasteiger partial charge in [0.25, 0.3) is 0 Å². The molecule has 38 heavy (non-hydrogen) atoms. The second-order valence-corrected chi connectivity index (χ2v) is 9.16. The molecular formula is C34H20O4. The minimum atomic E-state index is -0.624. The molecule has 0 aliphatic rings. The predicted molar refractivity (Wildman–Crippen MR) is 155 cm³/mol. The van der Waals surface area contributed by atoms with E-state index in [-0.39, 0.29) is 10.8 Å². The van der Waals surface area contributed by atoms with Crippen molar-refractivity contribution in [3.63, 3.8) is 0 Å². The number of para-hydroxylation sites is 2. The van der Waals surface area contributed by atoms with Gasteiger partial charge in [-0.2, -0.15) is 0 Å². The van der Waals surface area contributed by atoms with Crippen LogP contribution in [-0.4, -0.2) is 0 Å². The number of rotatable bonds is 0. The summed E-state index contributed by atoms with van der Waals surface area (Å²) in [5.74, 6) is 0. The van der Waals surface area contributed by atoms with E-state index in [0.29, 0.717) is 11.2 Å². The average Bonchev–Trinajstić information content (AvgIpc) is 2.96. The normalized spacial score (nSPS) is 11.4. The third kappa shape index (κ3) is 3.39. The molecule has 0 atom stereocenters. The lowest BCUT2D eigenvalue weighted by Crippen LogP contribution is -2.03. The van der Waals surface area contributed by atoms with Gasteiger partial charge in [0.15, 0.2) is 0 Å². The lowest BCUT2D eigenvalue weighted by Gasteiger charge is -2.12. The third-order valence-electron chi connectivity index (χ3n) is 7.02. The van der Waals surface area contributed by atoms with Gasteiger partial charge in [-0.05, 0) is 45.8 Å². The van der Waals surface area contributed by atoms with Crippen LogP contribution in [0.3, 0.4) is 0 Å². The van der Waals surface area contributed by atoms with Gasteiger partial charge in [-0.1, -0.05) is 97.1 Å². The molecule has 0 spiro atoms. The van der Waals surface area contributed by atoms with Crippen molar-refractivity contribution in [1.82, 2.24) is 0 Å². The van der Waals surface area contributed by atoms with E-state index >= 15 is 0 Å². The van der Waals surface area contributed by atoms with Crippen molar-refractivity contribution in [2.45, 2.75) is 0 Å². The lowest BCUT2D eigenvalue weighted by molar-refractivity contribution is 0.566. The van der Waals surface area contributed by atoms with Gasteiger partial charge in [-0.15, -0.1) is 0 Å². The van der Waals surface area contributed by atoms with Gasteiger partial charge in [0.1, 0.15) is 11.2 Å². The third-order valence-corrected chi connectivity index (χ3v) is 7.02. The molecule has 180 valence electrons. The molecule has 0 aliphatic heterocycles. The molecule has 4 nitrogen and oxygen atoms in total. The molecule has 1 heterocycles. The summed E-state index contributed by atoms with van der Waals surface area (Å²) in [6, 6.07) is 38.0. The minimum Gasteiger partial charge on any atom is -0.422 e. The Labute approximate surface area is 216 Å². The van der Waals surface area contributed by atoms with Crippen molar-refractivity contribution in [3.05, 3.63) is 142 Å². The molecular weight excluding hydrogens is 472 g/mol. The first-order chi connectivity index (χ1) is 18.7. The molecule has 2 bridgehead atoms. The topological polar surface area (TPSA) is 60.4 Å². The van der Waals surface area contributed by atoms with Crippen LogP contribution in [0.2, 0.25) is 0 Å². The molecule has 4 heteroatoms. The maximum Gasteiger partial charge on any atom is 0.344 e. The Morgan fingerprint density at radius 3 is 0.921 bits per heavy atom. The maximum absolute atomic E-state index is 13.5. The van der Waals surface area contributed by atoms with Crippen molar-refractivity contribution in [2.24, 2.45) is 0 Å². The molecule has 0 aliphatic carbocycles. The Morgan fingerprint density at radius 1 is 0.316 bits per heavy atom. The molecule has 7 rings (SSSR count). The highest BCUT2D eigenvalue weighted by Crippen LogP contribution is 2.39. The van der Waals surface area contributed by atoms with E-state index in [1.54, 1.807) is 36.4 Å². The lowest BCUT2D eigenvalue weighted by atomic mass is 9.92. The van der Waals surface area contributed by atoms with Gasteiger partial charge >= 0.3 is 11.3 Å². The highest BCUT2D eigenvalue weighted by molar-refractivity contribution is 6.33. The molecule has 7 aromatic rings. The number of benzene rings is 6. The Kier molecular flexibility index (Phi) is 5.05. The van der Waals surface area contributed by atoms with Crippen LogP contribution >= 0.6 is 0 Å². The van der Waals surface area contributed by atoms with Crippen molar-refractivity contribution in [3.8, 4) is 0 Å². The van der Waals surface area contributed by atoms with Gasteiger partial charge in [0, 0.05) is 21.5 Å². The van der Waals surface area contributed by atoms with Crippen molar-refractivity contribution < 1.29 is 8.83 Å². The summed E-state index contributed by atoms with van der Waals surface area (Å²) in [5.41, 5.74) is -0.413. The van der Waals surface area contributed by atoms with E-state index < -0.39 is 11.3 Å². The maximum atomic E-state index is 13.5. The minimum absolute atomic E-state index is 0.144. The first-order valence-corrected chi connectivity index (χ1v) is 12.4. The fraction of sp³-hybridized carbons (Fsp3) is 0. The van der Waals surface area contributed by atoms with Gasteiger partial charge in [0.05, 0.1) is 10.8 Å². The van der Waals surface area contributed by atoms with Crippen molar-refractivity contribution in [1.29, 1.82) is 0 Å². The Hall–Kier alpha value is -5.22. The van der Waals surface area contributed by atoms with Gasteiger partial charge < -0.3 is 8.83 Å². The van der Waals surface area contributed by atoms with E-state index in [0.717, 1.165) is 43.1 Å². The van der Waals surface area contributed by atoms with Crippen LogP contribution in [0.15, 0.2) is 140 Å². The molecule has 1 aromatic heterocycles. The molecule has 0 saturated carbocycles. The summed E-state index contributed by atoms with van der Waals surface area (Å²) in [5, 5.41) is 7.84. The standard InChI is InChI=1S/C34H20O4/c35-33-25-15-5-6-16-26(25)34(36)38-30-20-10-8-18-28(30)32-22-12-2-1-11-21(22)31(23-13-3-4-14-24(23)32)27-17-7-9-19-29(27)37-33/h1-20H. The second kappa shape index (κ2) is 8.71. The van der Waals surface area contributed by atoms with Crippen LogP contribution in [-0.2, 0) is 0 Å². The van der Waals surface area contributed by atoms with E-state index in [1.807, 2.05) is 60.7 Å². The monoisotopic (exact) mass is 492 g/mol. The van der Waals surface area contributed by atoms with Crippen molar-refractivity contribution in [2.75, 3.05) is 0 Å². The zero-order valence-electron chi connectivity index (χ0n) is 20.2. The largest absolute Gasteiger partial charge is 0.422 e. The van der Waals surface area contributed by atoms with Gasteiger partial charge in [-0.25, -0.2) is 9.59 Å². The fourth-order valence-corrected chi connectivity index (χ4v) is 5.38. The molecule has 0 amide bonds. The van der Waals surface area contributed by atoms with Gasteiger partial charge in [-0.3, -0.25) is 0 Å². The number of hydrogen-bond donors (Lipinski definition) is 0. The van der Waals surface area contributed by atoms with E-state index in [9.17, 15) is 9.59 Å². The summed E-state index contributed by atoms with van der Waals surface area (Å²) in [4.78, 5) is 27.0. The first-order valence-electron chi connectivity index (χ1n) is 12.4. The van der Waals surface area contributed by atoms with Gasteiger partial charge in [0.2, 0.25) is 0 Å². The van der Waals surface area contributed by atoms with Crippen LogP contribution in [0, 0.1) is 0 Å². The second-order valence-electron chi connectivity index (χ2n) is 9.16. The van der Waals surface area contributed by atoms with E-state index in [4.69, 9.17) is 8.83 Å².